The number of carboxylic acids is 1. The van der Waals surface area contributed by atoms with Crippen molar-refractivity contribution >= 4 is 40.6 Å². The molecule has 0 aliphatic heterocycles. The number of ketones is 1. The van der Waals surface area contributed by atoms with Crippen LogP contribution in [0.3, 0.4) is 0 Å². The van der Waals surface area contributed by atoms with E-state index in [1.165, 1.54) is 0 Å². The monoisotopic (exact) mass is 471 g/mol. The van der Waals surface area contributed by atoms with Gasteiger partial charge in [-0.25, -0.2) is 0 Å². The minimum atomic E-state index is -0.948. The van der Waals surface area contributed by atoms with Crippen LogP contribution in [-0.4, -0.2) is 29.9 Å². The average molecular weight is 472 g/mol. The number of aryl methyl sites for hydroxylation is 2. The quantitative estimate of drug-likeness (QED) is 0.377. The number of carboxylic acid groups (broad SMARTS) is 1. The third kappa shape index (κ3) is 5.23. The van der Waals surface area contributed by atoms with Gasteiger partial charge in [-0.1, -0.05) is 53.5 Å². The molecule has 0 atom stereocenters. The van der Waals surface area contributed by atoms with Gasteiger partial charge in [0.1, 0.15) is 12.3 Å². The van der Waals surface area contributed by atoms with Gasteiger partial charge in [0.15, 0.2) is 11.5 Å². The van der Waals surface area contributed by atoms with Crippen molar-refractivity contribution in [1.29, 1.82) is 0 Å². The summed E-state index contributed by atoms with van der Waals surface area (Å²) in [5, 5.41) is 9.63. The first-order valence-electron chi connectivity index (χ1n) is 10.1. The molecular formula is C25H23Cl2NO4. The topological polar surface area (TPSA) is 66.8 Å². The normalized spacial score (nSPS) is 10.7. The molecule has 0 heterocycles. The van der Waals surface area contributed by atoms with Crippen LogP contribution in [0.1, 0.15) is 34.0 Å². The summed E-state index contributed by atoms with van der Waals surface area (Å²) in [7, 11) is 0. The van der Waals surface area contributed by atoms with Crippen LogP contribution in [0, 0.1) is 13.8 Å². The first-order valence-corrected chi connectivity index (χ1v) is 10.8. The van der Waals surface area contributed by atoms with Gasteiger partial charge in [-0.3, -0.25) is 9.59 Å². The third-order valence-corrected chi connectivity index (χ3v) is 5.58. The van der Waals surface area contributed by atoms with Gasteiger partial charge >= 0.3 is 5.97 Å². The zero-order valence-corrected chi connectivity index (χ0v) is 19.5. The zero-order chi connectivity index (χ0) is 23.4. The number of nitrogens with zero attached hydrogens (tertiary/aromatic N) is 1. The molecule has 0 amide bonds. The van der Waals surface area contributed by atoms with E-state index in [2.05, 4.69) is 0 Å². The number of benzene rings is 3. The molecule has 0 aliphatic carbocycles. The number of likely N-dealkylation sites (N-methyl/N-ethyl adjacent to an activating group) is 1. The lowest BCUT2D eigenvalue weighted by molar-refractivity contribution is -0.135. The highest BCUT2D eigenvalue weighted by Crippen LogP contribution is 2.41. The maximum atomic E-state index is 12.8. The number of rotatable bonds is 8. The summed E-state index contributed by atoms with van der Waals surface area (Å²) in [4.78, 5) is 25.6. The lowest BCUT2D eigenvalue weighted by atomic mass is 9.98. The number of ether oxygens (including phenoxy) is 1. The highest BCUT2D eigenvalue weighted by atomic mass is 35.5. The van der Waals surface area contributed by atoms with Crippen molar-refractivity contribution in [3.8, 4) is 11.5 Å². The molecule has 0 spiro atoms. The lowest BCUT2D eigenvalue weighted by Crippen LogP contribution is -2.29. The SMILES string of the molecule is CCN(CC(=O)O)c1cc(Cl)c(Oc2c(C)cc(C(=O)c3ccccc3)cc2C)c(Cl)c1. The Labute approximate surface area is 197 Å². The van der Waals surface area contributed by atoms with E-state index in [-0.39, 0.29) is 28.1 Å². The first kappa shape index (κ1) is 23.6. The van der Waals surface area contributed by atoms with Gasteiger partial charge in [0.25, 0.3) is 0 Å². The van der Waals surface area contributed by atoms with E-state index in [4.69, 9.17) is 33.0 Å². The third-order valence-electron chi connectivity index (χ3n) is 5.02. The Hall–Kier alpha value is -3.02. The predicted molar refractivity (Wildman–Crippen MR) is 128 cm³/mol. The maximum absolute atomic E-state index is 12.8. The summed E-state index contributed by atoms with van der Waals surface area (Å²) in [6, 6.07) is 15.9. The van der Waals surface area contributed by atoms with Gasteiger partial charge in [-0.15, -0.1) is 0 Å². The Morgan fingerprint density at radius 1 is 0.906 bits per heavy atom. The molecule has 1 N–H and O–H groups in total. The van der Waals surface area contributed by atoms with E-state index >= 15 is 0 Å². The molecule has 0 aromatic heterocycles. The Kier molecular flexibility index (Phi) is 7.44. The Bertz CT molecular complexity index is 1120. The minimum absolute atomic E-state index is 0.0677. The van der Waals surface area contributed by atoms with Gasteiger partial charge < -0.3 is 14.7 Å². The molecule has 0 saturated carbocycles. The molecule has 3 aromatic rings. The van der Waals surface area contributed by atoms with Gasteiger partial charge in [0.05, 0.1) is 10.0 Å². The standard InChI is InChI=1S/C25H23Cl2NO4/c1-4-28(14-22(29)30)19-12-20(26)25(21(27)13-19)32-24-15(2)10-18(11-16(24)3)23(31)17-8-6-5-7-9-17/h5-13H,4,14H2,1-3H3,(H,29,30). The van der Waals surface area contributed by atoms with Crippen LogP contribution in [0.15, 0.2) is 54.6 Å². The number of aliphatic carboxylic acids is 1. The molecular weight excluding hydrogens is 449 g/mol. The average Bonchev–Trinajstić information content (AvgIpc) is 2.75. The van der Waals surface area contributed by atoms with Crippen molar-refractivity contribution < 1.29 is 19.4 Å². The van der Waals surface area contributed by atoms with Crippen molar-refractivity contribution in [1.82, 2.24) is 0 Å². The number of carbonyl (C=O) groups excluding carboxylic acids is 1. The van der Waals surface area contributed by atoms with Crippen LogP contribution in [0.2, 0.25) is 10.0 Å². The molecule has 7 heteroatoms. The lowest BCUT2D eigenvalue weighted by Gasteiger charge is -2.23. The largest absolute Gasteiger partial charge is 0.480 e. The second-order valence-electron chi connectivity index (χ2n) is 7.38. The van der Waals surface area contributed by atoms with Gasteiger partial charge in [-0.2, -0.15) is 0 Å². The van der Waals surface area contributed by atoms with Crippen molar-refractivity contribution in [2.24, 2.45) is 0 Å². The molecule has 0 saturated heterocycles. The maximum Gasteiger partial charge on any atom is 0.323 e. The number of halogens is 2. The Morgan fingerprint density at radius 2 is 1.47 bits per heavy atom. The fourth-order valence-electron chi connectivity index (χ4n) is 3.48. The molecule has 32 heavy (non-hydrogen) atoms. The summed E-state index contributed by atoms with van der Waals surface area (Å²) in [6.45, 7) is 5.87. The van der Waals surface area contributed by atoms with Crippen molar-refractivity contribution in [3.63, 3.8) is 0 Å². The molecule has 0 aliphatic rings. The van der Waals surface area contributed by atoms with Crippen LogP contribution in [0.25, 0.3) is 0 Å². The fraction of sp³-hybridized carbons (Fsp3) is 0.200. The first-order chi connectivity index (χ1) is 15.2. The van der Waals surface area contributed by atoms with Crippen LogP contribution in [0.5, 0.6) is 11.5 Å². The number of hydrogen-bond donors (Lipinski definition) is 1. The van der Waals surface area contributed by atoms with E-state index in [1.807, 2.05) is 39.0 Å². The van der Waals surface area contributed by atoms with Crippen LogP contribution < -0.4 is 9.64 Å². The number of anilines is 1. The minimum Gasteiger partial charge on any atom is -0.480 e. The fourth-order valence-corrected chi connectivity index (χ4v) is 4.03. The number of hydrogen-bond acceptors (Lipinski definition) is 4. The Morgan fingerprint density at radius 3 is 1.97 bits per heavy atom. The molecule has 0 radical (unpaired) electrons. The summed E-state index contributed by atoms with van der Waals surface area (Å²) >= 11 is 12.9. The molecule has 3 rings (SSSR count). The van der Waals surface area contributed by atoms with Gasteiger partial charge in [0.2, 0.25) is 0 Å². The summed E-state index contributed by atoms with van der Waals surface area (Å²) in [6.07, 6.45) is 0. The summed E-state index contributed by atoms with van der Waals surface area (Å²) < 4.78 is 6.08. The van der Waals surface area contributed by atoms with E-state index in [1.54, 1.807) is 41.3 Å². The zero-order valence-electron chi connectivity index (χ0n) is 18.0. The molecule has 5 nitrogen and oxygen atoms in total. The van der Waals surface area contributed by atoms with E-state index < -0.39 is 5.97 Å². The molecule has 3 aromatic carbocycles. The highest BCUT2D eigenvalue weighted by Gasteiger charge is 2.19. The smallest absolute Gasteiger partial charge is 0.323 e. The summed E-state index contributed by atoms with van der Waals surface area (Å²) in [5.74, 6) is -0.182. The van der Waals surface area contributed by atoms with Crippen LogP contribution in [0.4, 0.5) is 5.69 Å². The van der Waals surface area contributed by atoms with E-state index in [0.29, 0.717) is 29.1 Å². The highest BCUT2D eigenvalue weighted by molar-refractivity contribution is 6.37. The van der Waals surface area contributed by atoms with Crippen molar-refractivity contribution in [3.05, 3.63) is 86.9 Å². The summed E-state index contributed by atoms with van der Waals surface area (Å²) in [5.41, 5.74) is 3.31. The number of carbonyl (C=O) groups is 2. The second-order valence-corrected chi connectivity index (χ2v) is 8.20. The van der Waals surface area contributed by atoms with Gasteiger partial charge in [0, 0.05) is 23.4 Å². The molecule has 0 fully saturated rings. The van der Waals surface area contributed by atoms with E-state index in [0.717, 1.165) is 11.1 Å². The van der Waals surface area contributed by atoms with Gasteiger partial charge in [-0.05, 0) is 56.2 Å². The van der Waals surface area contributed by atoms with Crippen molar-refractivity contribution in [2.45, 2.75) is 20.8 Å². The second kappa shape index (κ2) is 10.1. The molecule has 0 unspecified atom stereocenters. The Balaban J connectivity index is 1.92. The van der Waals surface area contributed by atoms with Crippen LogP contribution >= 0.6 is 23.2 Å². The van der Waals surface area contributed by atoms with Crippen LogP contribution in [-0.2, 0) is 4.79 Å². The molecule has 166 valence electrons. The molecule has 0 bridgehead atoms. The van der Waals surface area contributed by atoms with Crippen molar-refractivity contribution in [2.75, 3.05) is 18.0 Å². The predicted octanol–water partition coefficient (Wildman–Crippen LogP) is 6.54. The van der Waals surface area contributed by atoms with E-state index in [9.17, 15) is 9.59 Å².